The molecule has 104 valence electrons. The smallest absolute Gasteiger partial charge is 0.275 e. The molecule has 0 radical (unpaired) electrons. The zero-order valence-electron chi connectivity index (χ0n) is 10.9. The molecule has 1 aliphatic rings. The predicted octanol–water partition coefficient (Wildman–Crippen LogP) is 2.98. The second-order valence-corrected chi connectivity index (χ2v) is 5.25. The van der Waals surface area contributed by atoms with Gasteiger partial charge in [-0.15, -0.1) is 0 Å². The van der Waals surface area contributed by atoms with Gasteiger partial charge in [-0.3, -0.25) is 10.1 Å². The summed E-state index contributed by atoms with van der Waals surface area (Å²) in [7, 11) is 0. The van der Waals surface area contributed by atoms with Gasteiger partial charge in [0, 0.05) is 11.5 Å². The highest BCUT2D eigenvalue weighted by Crippen LogP contribution is 2.47. The molecule has 5 heteroatoms. The van der Waals surface area contributed by atoms with Crippen molar-refractivity contribution < 1.29 is 15.1 Å². The lowest BCUT2D eigenvalue weighted by atomic mass is 9.82. The van der Waals surface area contributed by atoms with Crippen LogP contribution >= 0.6 is 0 Å². The lowest BCUT2D eigenvalue weighted by molar-refractivity contribution is -0.386. The first-order valence-electron chi connectivity index (χ1n) is 6.58. The van der Waals surface area contributed by atoms with Crippen LogP contribution in [0.15, 0.2) is 42.5 Å². The van der Waals surface area contributed by atoms with Gasteiger partial charge in [-0.2, -0.15) is 0 Å². The van der Waals surface area contributed by atoms with Gasteiger partial charge in [-0.05, 0) is 27.8 Å². The van der Waals surface area contributed by atoms with E-state index in [2.05, 4.69) is 0 Å². The van der Waals surface area contributed by atoms with E-state index in [0.29, 0.717) is 10.9 Å². The van der Waals surface area contributed by atoms with Crippen molar-refractivity contribution in [3.05, 3.63) is 63.7 Å². The van der Waals surface area contributed by atoms with Crippen LogP contribution in [0.5, 0.6) is 0 Å². The van der Waals surface area contributed by atoms with Crippen molar-refractivity contribution in [2.75, 3.05) is 0 Å². The van der Waals surface area contributed by atoms with Crippen molar-refractivity contribution >= 4 is 27.2 Å². The molecule has 0 saturated heterocycles. The molecule has 0 amide bonds. The van der Waals surface area contributed by atoms with E-state index in [4.69, 9.17) is 0 Å². The zero-order valence-corrected chi connectivity index (χ0v) is 10.9. The first-order chi connectivity index (χ1) is 10.1. The molecule has 21 heavy (non-hydrogen) atoms. The summed E-state index contributed by atoms with van der Waals surface area (Å²) in [6.45, 7) is 0. The number of nitro groups is 1. The summed E-state index contributed by atoms with van der Waals surface area (Å²) < 4.78 is 0. The van der Waals surface area contributed by atoms with E-state index in [1.807, 2.05) is 24.3 Å². The van der Waals surface area contributed by atoms with Crippen molar-refractivity contribution in [3.63, 3.8) is 0 Å². The van der Waals surface area contributed by atoms with Crippen molar-refractivity contribution in [2.45, 2.75) is 12.2 Å². The average Bonchev–Trinajstić information content (AvgIpc) is 2.50. The summed E-state index contributed by atoms with van der Waals surface area (Å²) in [5, 5.41) is 35.1. The Morgan fingerprint density at radius 1 is 0.905 bits per heavy atom. The number of hydrogen-bond donors (Lipinski definition) is 2. The van der Waals surface area contributed by atoms with Crippen molar-refractivity contribution in [2.24, 2.45) is 0 Å². The molecule has 2 atom stereocenters. The maximum Gasteiger partial charge on any atom is 0.275 e. The Bertz CT molecular complexity index is 919. The molecule has 3 aromatic rings. The molecule has 1 aliphatic carbocycles. The Kier molecular flexibility index (Phi) is 2.34. The third-order valence-corrected chi connectivity index (χ3v) is 4.19. The van der Waals surface area contributed by atoms with E-state index in [9.17, 15) is 20.3 Å². The highest BCUT2D eigenvalue weighted by molar-refractivity contribution is 6.13. The quantitative estimate of drug-likeness (QED) is 0.408. The minimum atomic E-state index is -1.30. The van der Waals surface area contributed by atoms with Gasteiger partial charge in [0.2, 0.25) is 0 Å². The summed E-state index contributed by atoms with van der Waals surface area (Å²) in [5.74, 6) is 0. The Morgan fingerprint density at radius 2 is 1.57 bits per heavy atom. The Hall–Kier alpha value is -2.50. The number of rotatable bonds is 1. The minimum Gasteiger partial charge on any atom is -0.385 e. The third kappa shape index (κ3) is 1.47. The van der Waals surface area contributed by atoms with Crippen LogP contribution in [0.25, 0.3) is 21.5 Å². The van der Waals surface area contributed by atoms with E-state index in [-0.39, 0.29) is 11.3 Å². The van der Waals surface area contributed by atoms with Gasteiger partial charge in [0.25, 0.3) is 5.69 Å². The third-order valence-electron chi connectivity index (χ3n) is 4.19. The fraction of sp³-hybridized carbons (Fsp3) is 0.125. The summed E-state index contributed by atoms with van der Waals surface area (Å²) in [5.41, 5.74) is 0.656. The number of benzene rings is 3. The van der Waals surface area contributed by atoms with Crippen LogP contribution in [-0.4, -0.2) is 15.1 Å². The molecule has 3 aromatic carbocycles. The molecular weight excluding hydrogens is 270 g/mol. The fourth-order valence-corrected chi connectivity index (χ4v) is 3.27. The number of hydrogen-bond acceptors (Lipinski definition) is 4. The summed E-state index contributed by atoms with van der Waals surface area (Å²) in [6, 6.07) is 12.3. The van der Waals surface area contributed by atoms with Crippen LogP contribution in [0.1, 0.15) is 23.3 Å². The fourth-order valence-electron chi connectivity index (χ4n) is 3.27. The predicted molar refractivity (Wildman–Crippen MR) is 78.0 cm³/mol. The first kappa shape index (κ1) is 12.3. The van der Waals surface area contributed by atoms with Gasteiger partial charge in [-0.1, -0.05) is 30.3 Å². The maximum absolute atomic E-state index is 11.2. The first-order valence-corrected chi connectivity index (χ1v) is 6.58. The van der Waals surface area contributed by atoms with Gasteiger partial charge in [0.1, 0.15) is 12.2 Å². The lowest BCUT2D eigenvalue weighted by Gasteiger charge is -2.27. The van der Waals surface area contributed by atoms with Crippen LogP contribution in [0.4, 0.5) is 5.69 Å². The average molecular weight is 281 g/mol. The van der Waals surface area contributed by atoms with E-state index in [1.54, 1.807) is 12.1 Å². The van der Waals surface area contributed by atoms with Crippen molar-refractivity contribution in [1.82, 2.24) is 0 Å². The van der Waals surface area contributed by atoms with E-state index >= 15 is 0 Å². The summed E-state index contributed by atoms with van der Waals surface area (Å²) in [6.07, 6.45) is -2.46. The van der Waals surface area contributed by atoms with Gasteiger partial charge in [0.15, 0.2) is 0 Å². The number of aliphatic hydroxyl groups excluding tert-OH is 2. The SMILES string of the molecule is O=[N+]([O-])c1ccc2ccc3cccc4c3c2c1[C@H](O)[C@H]4O. The molecule has 0 fully saturated rings. The standard InChI is InChI=1S/C16H11NO4/c18-15-10-3-1-2-8-4-5-9-6-7-11(17(20)21)14(16(15)19)13(9)12(8)10/h1-7,15-16,18-19H/t15-,16-/m0/s1. The Balaban J connectivity index is 2.33. The molecule has 0 aliphatic heterocycles. The molecule has 0 saturated carbocycles. The van der Waals surface area contributed by atoms with Gasteiger partial charge in [-0.25, -0.2) is 0 Å². The van der Waals surface area contributed by atoms with Gasteiger partial charge < -0.3 is 10.2 Å². The minimum absolute atomic E-state index is 0.156. The molecule has 0 aromatic heterocycles. The molecule has 0 heterocycles. The number of nitro benzene ring substituents is 1. The molecule has 5 nitrogen and oxygen atoms in total. The van der Waals surface area contributed by atoms with Crippen molar-refractivity contribution in [1.29, 1.82) is 0 Å². The molecular formula is C16H11NO4. The maximum atomic E-state index is 11.2. The Labute approximate surface area is 119 Å². The molecule has 2 N–H and O–H groups in total. The monoisotopic (exact) mass is 281 g/mol. The molecule has 0 unspecified atom stereocenters. The summed E-state index contributed by atoms with van der Waals surface area (Å²) in [4.78, 5) is 10.7. The second kappa shape index (κ2) is 4.00. The summed E-state index contributed by atoms with van der Waals surface area (Å²) >= 11 is 0. The topological polar surface area (TPSA) is 83.6 Å². The van der Waals surface area contributed by atoms with Crippen LogP contribution in [0, 0.1) is 10.1 Å². The van der Waals surface area contributed by atoms with Crippen LogP contribution in [0.3, 0.4) is 0 Å². The normalized spacial score (nSPS) is 20.3. The van der Waals surface area contributed by atoms with Crippen LogP contribution in [0.2, 0.25) is 0 Å². The zero-order chi connectivity index (χ0) is 14.7. The van der Waals surface area contributed by atoms with E-state index in [0.717, 1.165) is 16.2 Å². The van der Waals surface area contributed by atoms with E-state index < -0.39 is 17.1 Å². The van der Waals surface area contributed by atoms with Crippen molar-refractivity contribution in [3.8, 4) is 0 Å². The van der Waals surface area contributed by atoms with Gasteiger partial charge in [0.05, 0.1) is 10.5 Å². The largest absolute Gasteiger partial charge is 0.385 e. The van der Waals surface area contributed by atoms with E-state index in [1.165, 1.54) is 6.07 Å². The lowest BCUT2D eigenvalue weighted by Crippen LogP contribution is -2.17. The number of nitrogens with zero attached hydrogens (tertiary/aromatic N) is 1. The Morgan fingerprint density at radius 3 is 2.29 bits per heavy atom. The molecule has 0 bridgehead atoms. The highest BCUT2D eigenvalue weighted by atomic mass is 16.6. The van der Waals surface area contributed by atoms with Gasteiger partial charge >= 0.3 is 0 Å². The van der Waals surface area contributed by atoms with Crippen LogP contribution < -0.4 is 0 Å². The molecule has 0 spiro atoms. The highest BCUT2D eigenvalue weighted by Gasteiger charge is 2.35. The van der Waals surface area contributed by atoms with Crippen LogP contribution in [-0.2, 0) is 0 Å². The molecule has 4 rings (SSSR count). The number of aliphatic hydroxyl groups is 2. The second-order valence-electron chi connectivity index (χ2n) is 5.25.